The number of benzene rings is 1. The fourth-order valence-corrected chi connectivity index (χ4v) is 1.80. The van der Waals surface area contributed by atoms with E-state index in [1.807, 2.05) is 0 Å². The summed E-state index contributed by atoms with van der Waals surface area (Å²) in [6, 6.07) is 4.93. The number of aryl methyl sites for hydroxylation is 1. The first-order chi connectivity index (χ1) is 9.85. The van der Waals surface area contributed by atoms with Crippen molar-refractivity contribution in [2.75, 3.05) is 20.7 Å². The molecule has 7 nitrogen and oxygen atoms in total. The Morgan fingerprint density at radius 3 is 2.52 bits per heavy atom. The minimum Gasteiger partial charge on any atom is -0.441 e. The lowest BCUT2D eigenvalue weighted by Crippen LogP contribution is -2.25. The molecule has 1 aromatic carbocycles. The van der Waals surface area contributed by atoms with Crippen LogP contribution in [0.15, 0.2) is 18.2 Å². The average Bonchev–Trinajstić information content (AvgIpc) is 2.37. The number of hydrogen-bond donors (Lipinski definition) is 2. The van der Waals surface area contributed by atoms with Crippen LogP contribution in [0.5, 0.6) is 5.75 Å². The second kappa shape index (κ2) is 7.49. The third kappa shape index (κ3) is 4.96. The molecule has 0 heterocycles. The molecule has 1 atom stereocenters. The molecule has 2 amide bonds. The average molecular weight is 296 g/mol. The van der Waals surface area contributed by atoms with E-state index in [1.165, 1.54) is 4.90 Å². The van der Waals surface area contributed by atoms with Gasteiger partial charge in [-0.2, -0.15) is 0 Å². The van der Waals surface area contributed by atoms with E-state index < -0.39 is 18.3 Å². The number of primary amides is 1. The number of hydrogen-bond acceptors (Lipinski definition) is 5. The molecule has 21 heavy (non-hydrogen) atoms. The fraction of sp³-hybridized carbons (Fsp3) is 0.429. The molecular weight excluding hydrogens is 276 g/mol. The number of nitrogens with zero attached hydrogens (tertiary/aromatic N) is 1. The van der Waals surface area contributed by atoms with Gasteiger partial charge in [0.05, 0.1) is 0 Å². The van der Waals surface area contributed by atoms with E-state index in [0.717, 1.165) is 5.56 Å². The van der Waals surface area contributed by atoms with Gasteiger partial charge < -0.3 is 25.2 Å². The highest BCUT2D eigenvalue weighted by atomic mass is 16.6. The first-order valence-corrected chi connectivity index (χ1v) is 6.41. The minimum absolute atomic E-state index is 0.144. The van der Waals surface area contributed by atoms with Crippen molar-refractivity contribution in [1.82, 2.24) is 4.90 Å². The number of aliphatic hydroxyl groups excluding tert-OH is 1. The molecule has 0 saturated carbocycles. The quantitative estimate of drug-likeness (QED) is 0.858. The highest BCUT2D eigenvalue weighted by Gasteiger charge is 2.18. The number of aliphatic hydroxyl groups is 1. The lowest BCUT2D eigenvalue weighted by molar-refractivity contribution is 0.0874. The Morgan fingerprint density at radius 1 is 1.38 bits per heavy atom. The predicted octanol–water partition coefficient (Wildman–Crippen LogP) is 1.57. The van der Waals surface area contributed by atoms with Crippen molar-refractivity contribution in [3.63, 3.8) is 0 Å². The third-order valence-electron chi connectivity index (χ3n) is 2.81. The van der Waals surface area contributed by atoms with Crippen molar-refractivity contribution in [1.29, 1.82) is 0 Å². The maximum Gasteiger partial charge on any atom is 0.414 e. The van der Waals surface area contributed by atoms with E-state index in [2.05, 4.69) is 0 Å². The van der Waals surface area contributed by atoms with Gasteiger partial charge in [0.15, 0.2) is 0 Å². The maximum atomic E-state index is 11.5. The van der Waals surface area contributed by atoms with Crippen molar-refractivity contribution in [2.24, 2.45) is 5.73 Å². The molecule has 0 aliphatic rings. The second-order valence-electron chi connectivity index (χ2n) is 4.72. The lowest BCUT2D eigenvalue weighted by atomic mass is 10.0. The molecule has 3 N–H and O–H groups in total. The van der Waals surface area contributed by atoms with Crippen LogP contribution < -0.4 is 10.5 Å². The Bertz CT molecular complexity index is 516. The Kier molecular flexibility index (Phi) is 5.98. The molecule has 0 aromatic heterocycles. The molecule has 1 rings (SSSR count). The van der Waals surface area contributed by atoms with Gasteiger partial charge in [-0.1, -0.05) is 6.07 Å². The van der Waals surface area contributed by atoms with E-state index in [0.29, 0.717) is 11.3 Å². The number of carbonyl (C=O) groups is 2. The van der Waals surface area contributed by atoms with Gasteiger partial charge in [0.25, 0.3) is 0 Å². The van der Waals surface area contributed by atoms with Crippen LogP contribution in [0.2, 0.25) is 0 Å². The topological polar surface area (TPSA) is 102 Å². The number of nitrogens with two attached hydrogens (primary N) is 1. The van der Waals surface area contributed by atoms with Crippen molar-refractivity contribution in [2.45, 2.75) is 19.4 Å². The largest absolute Gasteiger partial charge is 0.441 e. The molecule has 0 aliphatic carbocycles. The van der Waals surface area contributed by atoms with E-state index in [-0.39, 0.29) is 13.0 Å². The number of rotatable bonds is 5. The number of ether oxygens (including phenoxy) is 2. The highest BCUT2D eigenvalue weighted by Crippen LogP contribution is 2.27. The van der Waals surface area contributed by atoms with Crippen LogP contribution in [0.25, 0.3) is 0 Å². The monoisotopic (exact) mass is 296 g/mol. The molecule has 0 radical (unpaired) electrons. The van der Waals surface area contributed by atoms with Crippen LogP contribution in [-0.2, 0) is 4.74 Å². The summed E-state index contributed by atoms with van der Waals surface area (Å²) in [5.74, 6) is 0.386. The molecular formula is C14H20N2O5. The van der Waals surface area contributed by atoms with Crippen LogP contribution in [-0.4, -0.2) is 42.9 Å². The van der Waals surface area contributed by atoms with Crippen molar-refractivity contribution < 1.29 is 24.2 Å². The zero-order chi connectivity index (χ0) is 16.0. The lowest BCUT2D eigenvalue weighted by Gasteiger charge is -2.19. The van der Waals surface area contributed by atoms with Crippen LogP contribution in [0.4, 0.5) is 9.59 Å². The summed E-state index contributed by atoms with van der Waals surface area (Å²) in [7, 11) is 3.17. The van der Waals surface area contributed by atoms with Gasteiger partial charge in [-0.25, -0.2) is 9.59 Å². The minimum atomic E-state index is -0.907. The van der Waals surface area contributed by atoms with Gasteiger partial charge in [0.1, 0.15) is 11.9 Å². The molecule has 0 fully saturated rings. The fourth-order valence-electron chi connectivity index (χ4n) is 1.80. The molecule has 0 bridgehead atoms. The molecule has 0 unspecified atom stereocenters. The molecule has 0 spiro atoms. The third-order valence-corrected chi connectivity index (χ3v) is 2.81. The summed E-state index contributed by atoms with van der Waals surface area (Å²) in [4.78, 5) is 23.7. The number of carbonyl (C=O) groups excluding carboxylic acids is 2. The van der Waals surface area contributed by atoms with Gasteiger partial charge >= 0.3 is 12.2 Å². The van der Waals surface area contributed by atoms with E-state index >= 15 is 0 Å². The Hall–Kier alpha value is -2.28. The van der Waals surface area contributed by atoms with Crippen molar-refractivity contribution >= 4 is 12.2 Å². The Balaban J connectivity index is 2.94. The standard InChI is InChI=1S/C14H20N2O5/c1-9-8-10(20-14(19)16(2)3)4-5-11(9)12(6-7-17)21-13(15)18/h4-5,8,12,17H,6-7H2,1-3H3,(H2,15,18)/t12-/m1/s1. The maximum absolute atomic E-state index is 11.5. The molecule has 116 valence electrons. The zero-order valence-corrected chi connectivity index (χ0v) is 12.3. The zero-order valence-electron chi connectivity index (χ0n) is 12.3. The first-order valence-electron chi connectivity index (χ1n) is 6.41. The van der Waals surface area contributed by atoms with Gasteiger partial charge in [-0.15, -0.1) is 0 Å². The molecule has 0 aliphatic heterocycles. The van der Waals surface area contributed by atoms with Crippen LogP contribution in [0, 0.1) is 6.92 Å². The van der Waals surface area contributed by atoms with E-state index in [1.54, 1.807) is 39.2 Å². The summed E-state index contributed by atoms with van der Waals surface area (Å²) in [6.07, 6.45) is -1.79. The summed E-state index contributed by atoms with van der Waals surface area (Å²) >= 11 is 0. The number of amides is 2. The van der Waals surface area contributed by atoms with Crippen LogP contribution in [0.3, 0.4) is 0 Å². The van der Waals surface area contributed by atoms with Gasteiger partial charge in [-0.3, -0.25) is 0 Å². The normalized spacial score (nSPS) is 11.6. The SMILES string of the molecule is Cc1cc(OC(=O)N(C)C)ccc1[C@@H](CCO)OC(N)=O. The second-order valence-corrected chi connectivity index (χ2v) is 4.72. The van der Waals surface area contributed by atoms with Crippen molar-refractivity contribution in [3.8, 4) is 5.75 Å². The summed E-state index contributed by atoms with van der Waals surface area (Å²) in [5, 5.41) is 9.03. The van der Waals surface area contributed by atoms with Gasteiger partial charge in [0.2, 0.25) is 0 Å². The van der Waals surface area contributed by atoms with Gasteiger partial charge in [0, 0.05) is 27.1 Å². The van der Waals surface area contributed by atoms with E-state index in [9.17, 15) is 9.59 Å². The van der Waals surface area contributed by atoms with Crippen LogP contribution >= 0.6 is 0 Å². The molecule has 1 aromatic rings. The molecule has 0 saturated heterocycles. The smallest absolute Gasteiger partial charge is 0.414 e. The highest BCUT2D eigenvalue weighted by molar-refractivity contribution is 5.70. The summed E-state index contributed by atoms with van der Waals surface area (Å²) in [6.45, 7) is 1.64. The van der Waals surface area contributed by atoms with E-state index in [4.69, 9.17) is 20.3 Å². The Morgan fingerprint density at radius 2 is 2.05 bits per heavy atom. The molecule has 7 heteroatoms. The Labute approximate surface area is 123 Å². The van der Waals surface area contributed by atoms with Gasteiger partial charge in [-0.05, 0) is 30.2 Å². The van der Waals surface area contributed by atoms with Crippen molar-refractivity contribution in [3.05, 3.63) is 29.3 Å². The first kappa shape index (κ1) is 16.8. The van der Waals surface area contributed by atoms with Crippen LogP contribution in [0.1, 0.15) is 23.7 Å². The summed E-state index contributed by atoms with van der Waals surface area (Å²) in [5.41, 5.74) is 6.49. The summed E-state index contributed by atoms with van der Waals surface area (Å²) < 4.78 is 10.1. The predicted molar refractivity (Wildman–Crippen MR) is 76.0 cm³/mol.